The van der Waals surface area contributed by atoms with Crippen molar-refractivity contribution in [3.05, 3.63) is 18.0 Å². The molecule has 0 bridgehead atoms. The summed E-state index contributed by atoms with van der Waals surface area (Å²) in [5.74, 6) is -1.17. The van der Waals surface area contributed by atoms with Crippen LogP contribution in [-0.2, 0) is 13.6 Å². The summed E-state index contributed by atoms with van der Waals surface area (Å²) >= 11 is 0. The molecule has 0 atom stereocenters. The van der Waals surface area contributed by atoms with Crippen molar-refractivity contribution in [2.75, 3.05) is 6.67 Å². The number of alkyl halides is 1. The van der Waals surface area contributed by atoms with Crippen LogP contribution in [0, 0.1) is 0 Å². The fourth-order valence-electron chi connectivity index (χ4n) is 1.68. The predicted octanol–water partition coefficient (Wildman–Crippen LogP) is 0.736. The number of aromatic nitrogens is 5. The molecule has 0 unspecified atom stereocenters. The fourth-order valence-corrected chi connectivity index (χ4v) is 1.68. The van der Waals surface area contributed by atoms with Crippen molar-refractivity contribution in [3.63, 3.8) is 0 Å². The smallest absolute Gasteiger partial charge is 0.358 e. The van der Waals surface area contributed by atoms with Crippen molar-refractivity contribution in [3.8, 4) is 11.4 Å². The van der Waals surface area contributed by atoms with Crippen LogP contribution in [0.5, 0.6) is 0 Å². The molecular formula is C10H12FN5O2. The lowest BCUT2D eigenvalue weighted by Crippen LogP contribution is -2.08. The molecule has 0 saturated heterocycles. The highest BCUT2D eigenvalue weighted by Gasteiger charge is 2.22. The topological polar surface area (TPSA) is 85.8 Å². The lowest BCUT2D eigenvalue weighted by Gasteiger charge is -2.06. The summed E-state index contributed by atoms with van der Waals surface area (Å²) in [6.07, 6.45) is 1.81. The van der Waals surface area contributed by atoms with Crippen LogP contribution in [0.2, 0.25) is 0 Å². The Morgan fingerprint density at radius 3 is 2.89 bits per heavy atom. The number of nitrogens with zero attached hydrogens (tertiary/aromatic N) is 5. The van der Waals surface area contributed by atoms with Crippen LogP contribution in [0.1, 0.15) is 16.9 Å². The Kier molecular flexibility index (Phi) is 3.35. The van der Waals surface area contributed by atoms with Crippen molar-refractivity contribution in [1.29, 1.82) is 0 Å². The number of aromatic carboxylic acids is 1. The highest BCUT2D eigenvalue weighted by molar-refractivity contribution is 5.92. The number of carboxylic acids is 1. The maximum atomic E-state index is 12.2. The lowest BCUT2D eigenvalue weighted by atomic mass is 10.2. The van der Waals surface area contributed by atoms with Gasteiger partial charge in [0.1, 0.15) is 5.69 Å². The third kappa shape index (κ3) is 2.08. The van der Waals surface area contributed by atoms with E-state index in [4.69, 9.17) is 5.11 Å². The molecule has 2 aromatic heterocycles. The second kappa shape index (κ2) is 4.94. The van der Waals surface area contributed by atoms with E-state index in [0.29, 0.717) is 11.4 Å². The summed E-state index contributed by atoms with van der Waals surface area (Å²) in [4.78, 5) is 11.1. The Morgan fingerprint density at radius 1 is 1.56 bits per heavy atom. The SMILES string of the molecule is Cn1nccc1-c1c(C(=O)O)nnn1CCCF. The van der Waals surface area contributed by atoms with E-state index in [1.165, 1.54) is 9.36 Å². The zero-order chi connectivity index (χ0) is 13.1. The molecular weight excluding hydrogens is 241 g/mol. The summed E-state index contributed by atoms with van der Waals surface area (Å²) in [7, 11) is 1.69. The first-order valence-corrected chi connectivity index (χ1v) is 5.36. The van der Waals surface area contributed by atoms with E-state index < -0.39 is 12.6 Å². The highest BCUT2D eigenvalue weighted by Crippen LogP contribution is 2.21. The molecule has 0 fully saturated rings. The van der Waals surface area contributed by atoms with Gasteiger partial charge in [0, 0.05) is 19.8 Å². The second-order valence-corrected chi connectivity index (χ2v) is 3.70. The zero-order valence-electron chi connectivity index (χ0n) is 9.75. The van der Waals surface area contributed by atoms with Gasteiger partial charge < -0.3 is 5.11 Å². The van der Waals surface area contributed by atoms with Crippen molar-refractivity contribution >= 4 is 5.97 Å². The summed E-state index contributed by atoms with van der Waals surface area (Å²) in [6, 6.07) is 1.66. The summed E-state index contributed by atoms with van der Waals surface area (Å²) in [6.45, 7) is -0.218. The van der Waals surface area contributed by atoms with E-state index >= 15 is 0 Å². The van der Waals surface area contributed by atoms with Gasteiger partial charge in [0.15, 0.2) is 5.69 Å². The zero-order valence-corrected chi connectivity index (χ0v) is 9.75. The number of halogens is 1. The molecule has 0 radical (unpaired) electrons. The van der Waals surface area contributed by atoms with E-state index in [-0.39, 0.29) is 18.7 Å². The molecule has 0 amide bonds. The molecule has 8 heteroatoms. The van der Waals surface area contributed by atoms with Crippen molar-refractivity contribution in [2.45, 2.75) is 13.0 Å². The molecule has 96 valence electrons. The summed E-state index contributed by atoms with van der Waals surface area (Å²) in [5, 5.41) is 20.4. The highest BCUT2D eigenvalue weighted by atomic mass is 19.1. The van der Waals surface area contributed by atoms with Crippen LogP contribution in [-0.4, -0.2) is 42.5 Å². The quantitative estimate of drug-likeness (QED) is 0.849. The van der Waals surface area contributed by atoms with Crippen LogP contribution in [0.25, 0.3) is 11.4 Å². The minimum absolute atomic E-state index is 0.155. The standard InChI is InChI=1S/C10H12FN5O2/c1-15-7(3-5-12-15)9-8(10(17)18)13-14-16(9)6-2-4-11/h3,5H,2,4,6H2,1H3,(H,17,18). The van der Waals surface area contributed by atoms with Crippen molar-refractivity contribution < 1.29 is 14.3 Å². The largest absolute Gasteiger partial charge is 0.476 e. The normalized spacial score (nSPS) is 10.8. The molecule has 0 aliphatic rings. The molecule has 1 N–H and O–H groups in total. The summed E-state index contributed by atoms with van der Waals surface area (Å²) in [5.41, 5.74) is 0.768. The van der Waals surface area contributed by atoms with E-state index in [9.17, 15) is 9.18 Å². The van der Waals surface area contributed by atoms with Crippen LogP contribution in [0.4, 0.5) is 4.39 Å². The van der Waals surface area contributed by atoms with Gasteiger partial charge in [-0.15, -0.1) is 5.10 Å². The van der Waals surface area contributed by atoms with Crippen molar-refractivity contribution in [2.24, 2.45) is 7.05 Å². The molecule has 0 aliphatic heterocycles. The van der Waals surface area contributed by atoms with E-state index in [2.05, 4.69) is 15.4 Å². The summed E-state index contributed by atoms with van der Waals surface area (Å²) < 4.78 is 15.1. The Balaban J connectivity index is 2.50. The van der Waals surface area contributed by atoms with Gasteiger partial charge in [-0.1, -0.05) is 5.21 Å². The molecule has 0 saturated carbocycles. The third-order valence-electron chi connectivity index (χ3n) is 2.50. The van der Waals surface area contributed by atoms with Gasteiger partial charge in [-0.05, 0) is 12.5 Å². The Hall–Kier alpha value is -2.25. The van der Waals surface area contributed by atoms with Crippen LogP contribution < -0.4 is 0 Å². The van der Waals surface area contributed by atoms with Gasteiger partial charge in [0.2, 0.25) is 0 Å². The number of carbonyl (C=O) groups is 1. The predicted molar refractivity (Wildman–Crippen MR) is 59.8 cm³/mol. The van der Waals surface area contributed by atoms with Crippen LogP contribution >= 0.6 is 0 Å². The maximum Gasteiger partial charge on any atom is 0.358 e. The van der Waals surface area contributed by atoms with E-state index in [1.54, 1.807) is 19.3 Å². The van der Waals surface area contributed by atoms with Gasteiger partial charge in [-0.25, -0.2) is 9.48 Å². The number of rotatable bonds is 5. The van der Waals surface area contributed by atoms with Gasteiger partial charge >= 0.3 is 5.97 Å². The number of carboxylic acid groups (broad SMARTS) is 1. The number of hydrogen-bond donors (Lipinski definition) is 1. The molecule has 0 aromatic carbocycles. The average molecular weight is 253 g/mol. The van der Waals surface area contributed by atoms with Crippen LogP contribution in [0.3, 0.4) is 0 Å². The van der Waals surface area contributed by atoms with Gasteiger partial charge in [-0.2, -0.15) is 5.10 Å². The molecule has 2 heterocycles. The second-order valence-electron chi connectivity index (χ2n) is 3.70. The molecule has 7 nitrogen and oxygen atoms in total. The first kappa shape index (κ1) is 12.2. The first-order valence-electron chi connectivity index (χ1n) is 5.36. The Labute approximate surface area is 102 Å². The molecule has 2 rings (SSSR count). The van der Waals surface area contributed by atoms with E-state index in [1.807, 2.05) is 0 Å². The van der Waals surface area contributed by atoms with Crippen LogP contribution in [0.15, 0.2) is 12.3 Å². The molecule has 0 spiro atoms. The third-order valence-corrected chi connectivity index (χ3v) is 2.50. The van der Waals surface area contributed by atoms with Gasteiger partial charge in [0.05, 0.1) is 12.4 Å². The number of hydrogen-bond acceptors (Lipinski definition) is 4. The molecule has 0 aliphatic carbocycles. The minimum Gasteiger partial charge on any atom is -0.476 e. The molecule has 18 heavy (non-hydrogen) atoms. The minimum atomic E-state index is -1.17. The maximum absolute atomic E-state index is 12.2. The number of aryl methyl sites for hydroxylation is 2. The van der Waals surface area contributed by atoms with E-state index in [0.717, 1.165) is 0 Å². The molecule has 2 aromatic rings. The Bertz CT molecular complexity index is 562. The van der Waals surface area contributed by atoms with Gasteiger partial charge in [0.25, 0.3) is 0 Å². The Morgan fingerprint density at radius 2 is 2.33 bits per heavy atom. The fraction of sp³-hybridized carbons (Fsp3) is 0.400. The first-order chi connectivity index (χ1) is 8.65. The van der Waals surface area contributed by atoms with Crippen molar-refractivity contribution in [1.82, 2.24) is 24.8 Å². The van der Waals surface area contributed by atoms with Gasteiger partial charge in [-0.3, -0.25) is 9.07 Å². The lowest BCUT2D eigenvalue weighted by molar-refractivity contribution is 0.0691. The average Bonchev–Trinajstić information content (AvgIpc) is 2.91. The monoisotopic (exact) mass is 253 g/mol.